The summed E-state index contributed by atoms with van der Waals surface area (Å²) in [6.45, 7) is 1.60. The number of piperazine rings is 1. The summed E-state index contributed by atoms with van der Waals surface area (Å²) in [5.74, 6) is 1.24. The first kappa shape index (κ1) is 21.1. The Morgan fingerprint density at radius 1 is 1.23 bits per heavy atom. The Bertz CT molecular complexity index is 923. The molecular weight excluding hydrogens is 390 g/mol. The van der Waals surface area contributed by atoms with Gasteiger partial charge in [0.2, 0.25) is 5.91 Å². The number of hydrogen-bond acceptors (Lipinski definition) is 6. The quantitative estimate of drug-likeness (QED) is 0.394. The van der Waals surface area contributed by atoms with Gasteiger partial charge in [-0.3, -0.25) is 4.79 Å². The molecule has 2 aliphatic heterocycles. The second kappa shape index (κ2) is 8.53. The van der Waals surface area contributed by atoms with Gasteiger partial charge in [-0.15, -0.1) is 0 Å². The van der Waals surface area contributed by atoms with Crippen molar-refractivity contribution < 1.29 is 4.79 Å². The summed E-state index contributed by atoms with van der Waals surface area (Å²) in [4.78, 5) is 22.4. The van der Waals surface area contributed by atoms with Gasteiger partial charge in [0.1, 0.15) is 0 Å². The fourth-order valence-corrected chi connectivity index (χ4v) is 4.67. The summed E-state index contributed by atoms with van der Waals surface area (Å²) < 4.78 is 0. The normalized spacial score (nSPS) is 24.5. The lowest BCUT2D eigenvalue weighted by molar-refractivity contribution is -0.137. The van der Waals surface area contributed by atoms with Crippen LogP contribution in [0.4, 0.5) is 0 Å². The zero-order chi connectivity index (χ0) is 22.1. The van der Waals surface area contributed by atoms with E-state index < -0.39 is 0 Å². The molecule has 0 spiro atoms. The van der Waals surface area contributed by atoms with Crippen molar-refractivity contribution in [1.29, 1.82) is 5.41 Å². The SMILES string of the molecule is CN(C)/C(N)=C/C(=C\N)c1c[nH]c(/C(=C\C=N)N2CC3CCC(C2)N3C(=O)C2CC2)c1. The third-order valence-corrected chi connectivity index (χ3v) is 6.54. The van der Waals surface area contributed by atoms with Gasteiger partial charge in [-0.25, -0.2) is 0 Å². The molecule has 3 heterocycles. The molecule has 1 saturated carbocycles. The molecule has 3 aliphatic rings. The smallest absolute Gasteiger partial charge is 0.226 e. The van der Waals surface area contributed by atoms with Gasteiger partial charge in [0, 0.05) is 74.9 Å². The highest BCUT2D eigenvalue weighted by molar-refractivity contribution is 5.84. The highest BCUT2D eigenvalue weighted by Crippen LogP contribution is 2.39. The molecule has 1 aliphatic carbocycles. The number of nitrogens with zero attached hydrogens (tertiary/aromatic N) is 3. The van der Waals surface area contributed by atoms with Gasteiger partial charge in [0.05, 0.1) is 17.2 Å². The molecule has 2 atom stereocenters. The minimum atomic E-state index is 0.262. The number of nitrogens with two attached hydrogens (primary N) is 2. The van der Waals surface area contributed by atoms with Crippen LogP contribution in [0.3, 0.4) is 0 Å². The predicted molar refractivity (Wildman–Crippen MR) is 124 cm³/mol. The Balaban J connectivity index is 1.55. The number of carbonyl (C=O) groups excluding carboxylic acids is 1. The molecule has 3 fully saturated rings. The minimum absolute atomic E-state index is 0.262. The molecule has 8 nitrogen and oxygen atoms in total. The molecule has 31 heavy (non-hydrogen) atoms. The van der Waals surface area contributed by atoms with Gasteiger partial charge in [0.25, 0.3) is 0 Å². The Kier molecular flexibility index (Phi) is 5.80. The number of nitrogens with one attached hydrogen (secondary N) is 2. The summed E-state index contributed by atoms with van der Waals surface area (Å²) >= 11 is 0. The fourth-order valence-electron chi connectivity index (χ4n) is 4.67. The number of H-pyrrole nitrogens is 1. The van der Waals surface area contributed by atoms with Gasteiger partial charge in [-0.1, -0.05) is 0 Å². The Morgan fingerprint density at radius 2 is 1.90 bits per heavy atom. The lowest BCUT2D eigenvalue weighted by Gasteiger charge is -2.43. The maximum absolute atomic E-state index is 12.8. The first-order valence-corrected chi connectivity index (χ1v) is 11.0. The summed E-state index contributed by atoms with van der Waals surface area (Å²) in [5, 5.41) is 7.69. The van der Waals surface area contributed by atoms with Gasteiger partial charge < -0.3 is 36.6 Å². The van der Waals surface area contributed by atoms with Crippen molar-refractivity contribution in [2.75, 3.05) is 27.2 Å². The van der Waals surface area contributed by atoms with E-state index in [9.17, 15) is 4.79 Å². The van der Waals surface area contributed by atoms with Crippen molar-refractivity contribution in [1.82, 2.24) is 19.7 Å². The molecule has 2 unspecified atom stereocenters. The molecule has 1 aromatic heterocycles. The van der Waals surface area contributed by atoms with Crippen LogP contribution in [-0.4, -0.2) is 71.1 Å². The second-order valence-corrected chi connectivity index (χ2v) is 8.92. The topological polar surface area (TPSA) is 118 Å². The van der Waals surface area contributed by atoms with E-state index in [2.05, 4.69) is 14.8 Å². The second-order valence-electron chi connectivity index (χ2n) is 8.92. The standard InChI is InChI=1S/C23H33N7O/c1-28(2)22(26)10-16(11-25)17-9-20(27-12-17)21(7-8-24)29-13-18-5-6-19(14-29)30(18)23(31)15-3-4-15/h7-12,15,18-19,24,27H,3-6,13-14,25-26H2,1-2H3/b16-11+,21-7+,22-10+,24-8?. The number of hydrogen-bond donors (Lipinski definition) is 4. The molecule has 2 bridgehead atoms. The van der Waals surface area contributed by atoms with Crippen LogP contribution >= 0.6 is 0 Å². The Labute approximate surface area is 183 Å². The lowest BCUT2D eigenvalue weighted by Crippen LogP contribution is -2.55. The maximum atomic E-state index is 12.8. The van der Waals surface area contributed by atoms with Crippen molar-refractivity contribution in [2.45, 2.75) is 37.8 Å². The van der Waals surface area contributed by atoms with Crippen LogP contribution in [0.25, 0.3) is 11.3 Å². The molecule has 2 saturated heterocycles. The van der Waals surface area contributed by atoms with Crippen LogP contribution in [-0.2, 0) is 4.79 Å². The lowest BCUT2D eigenvalue weighted by atomic mass is 10.1. The van der Waals surface area contributed by atoms with Crippen LogP contribution in [0.5, 0.6) is 0 Å². The molecule has 6 N–H and O–H groups in total. The van der Waals surface area contributed by atoms with E-state index in [0.717, 1.165) is 61.3 Å². The number of amides is 1. The van der Waals surface area contributed by atoms with E-state index in [4.69, 9.17) is 16.9 Å². The number of rotatable bonds is 7. The number of aromatic nitrogens is 1. The van der Waals surface area contributed by atoms with E-state index >= 15 is 0 Å². The van der Waals surface area contributed by atoms with Crippen LogP contribution in [0.15, 0.2) is 36.4 Å². The molecule has 1 amide bonds. The average molecular weight is 424 g/mol. The summed E-state index contributed by atoms with van der Waals surface area (Å²) in [7, 11) is 3.77. The molecular formula is C23H33N7O. The van der Waals surface area contributed by atoms with Crippen LogP contribution in [0.1, 0.15) is 36.9 Å². The Hall–Kier alpha value is -3.16. The molecule has 0 radical (unpaired) electrons. The van der Waals surface area contributed by atoms with Gasteiger partial charge in [-0.2, -0.15) is 0 Å². The average Bonchev–Trinajstić information content (AvgIpc) is 3.44. The van der Waals surface area contributed by atoms with E-state index in [0.29, 0.717) is 11.7 Å². The van der Waals surface area contributed by atoms with Crippen molar-refractivity contribution in [3.05, 3.63) is 47.7 Å². The minimum Gasteiger partial charge on any atom is -0.404 e. The maximum Gasteiger partial charge on any atom is 0.226 e. The number of fused-ring (bicyclic) bond motifs is 2. The fraction of sp³-hybridized carbons (Fsp3) is 0.478. The van der Waals surface area contributed by atoms with Crippen molar-refractivity contribution in [2.24, 2.45) is 17.4 Å². The van der Waals surface area contributed by atoms with E-state index in [1.807, 2.05) is 43.4 Å². The van der Waals surface area contributed by atoms with Crippen LogP contribution in [0.2, 0.25) is 0 Å². The summed E-state index contributed by atoms with van der Waals surface area (Å²) in [6.07, 6.45) is 12.7. The van der Waals surface area contributed by atoms with Crippen molar-refractivity contribution in [3.63, 3.8) is 0 Å². The first-order valence-electron chi connectivity index (χ1n) is 11.0. The zero-order valence-electron chi connectivity index (χ0n) is 18.3. The van der Waals surface area contributed by atoms with Crippen molar-refractivity contribution >= 4 is 23.4 Å². The predicted octanol–water partition coefficient (Wildman–Crippen LogP) is 1.75. The monoisotopic (exact) mass is 423 g/mol. The molecule has 8 heteroatoms. The number of carbonyl (C=O) groups is 1. The first-order chi connectivity index (χ1) is 14.9. The highest BCUT2D eigenvalue weighted by Gasteiger charge is 2.46. The van der Waals surface area contributed by atoms with E-state index in [1.54, 1.807) is 6.20 Å². The number of likely N-dealkylation sites (tertiary alicyclic amines) is 1. The molecule has 166 valence electrons. The number of aromatic amines is 1. The molecule has 0 aromatic carbocycles. The van der Waals surface area contributed by atoms with Gasteiger partial charge in [0.15, 0.2) is 0 Å². The molecule has 1 aromatic rings. The van der Waals surface area contributed by atoms with Crippen LogP contribution < -0.4 is 11.5 Å². The van der Waals surface area contributed by atoms with Crippen LogP contribution in [0, 0.1) is 11.3 Å². The van der Waals surface area contributed by atoms with Gasteiger partial charge in [-0.05, 0) is 43.9 Å². The zero-order valence-corrected chi connectivity index (χ0v) is 18.3. The molecule has 4 rings (SSSR count). The third-order valence-electron chi connectivity index (χ3n) is 6.54. The number of allylic oxidation sites excluding steroid dienone is 3. The highest BCUT2D eigenvalue weighted by atomic mass is 16.2. The largest absolute Gasteiger partial charge is 0.404 e. The third kappa shape index (κ3) is 4.19. The Morgan fingerprint density at radius 3 is 2.45 bits per heavy atom. The van der Waals surface area contributed by atoms with E-state index in [1.165, 1.54) is 6.21 Å². The van der Waals surface area contributed by atoms with E-state index in [-0.39, 0.29) is 18.0 Å². The van der Waals surface area contributed by atoms with Crippen molar-refractivity contribution in [3.8, 4) is 0 Å². The van der Waals surface area contributed by atoms with Gasteiger partial charge >= 0.3 is 0 Å². The summed E-state index contributed by atoms with van der Waals surface area (Å²) in [6, 6.07) is 2.56. The summed E-state index contributed by atoms with van der Waals surface area (Å²) in [5.41, 5.74) is 15.6.